The average Bonchev–Trinajstić information content (AvgIpc) is 2.88. The molecule has 1 atom stereocenters. The second-order valence-corrected chi connectivity index (χ2v) is 3.80. The van der Waals surface area contributed by atoms with Crippen LogP contribution >= 0.6 is 0 Å². The SMILES string of the molecule is O=C(NC1CCCCC1)C1CN1. The molecule has 3 heteroatoms. The largest absolute Gasteiger partial charge is 0.352 e. The Kier molecular flexibility index (Phi) is 2.30. The van der Waals surface area contributed by atoms with Crippen molar-refractivity contribution in [3.05, 3.63) is 0 Å². The van der Waals surface area contributed by atoms with Crippen LogP contribution in [0.25, 0.3) is 0 Å². The second-order valence-electron chi connectivity index (χ2n) is 3.80. The molecule has 2 N–H and O–H groups in total. The molecule has 0 bridgehead atoms. The molecule has 1 unspecified atom stereocenters. The molecule has 1 aliphatic carbocycles. The lowest BCUT2D eigenvalue weighted by molar-refractivity contribution is -0.121. The van der Waals surface area contributed by atoms with Crippen molar-refractivity contribution >= 4 is 5.91 Å². The van der Waals surface area contributed by atoms with Crippen LogP contribution in [-0.2, 0) is 4.79 Å². The van der Waals surface area contributed by atoms with E-state index in [2.05, 4.69) is 10.6 Å². The number of hydrogen-bond donors (Lipinski definition) is 2. The van der Waals surface area contributed by atoms with Crippen molar-refractivity contribution in [3.63, 3.8) is 0 Å². The first kappa shape index (κ1) is 8.05. The van der Waals surface area contributed by atoms with Gasteiger partial charge in [-0.3, -0.25) is 4.79 Å². The van der Waals surface area contributed by atoms with Crippen LogP contribution in [0.5, 0.6) is 0 Å². The molecule has 2 fully saturated rings. The molecule has 2 aliphatic rings. The van der Waals surface area contributed by atoms with Gasteiger partial charge in [0.1, 0.15) is 0 Å². The van der Waals surface area contributed by atoms with Gasteiger partial charge in [-0.1, -0.05) is 19.3 Å². The maximum Gasteiger partial charge on any atom is 0.238 e. The molecule has 0 aromatic carbocycles. The molecule has 68 valence electrons. The summed E-state index contributed by atoms with van der Waals surface area (Å²) >= 11 is 0. The predicted molar refractivity (Wildman–Crippen MR) is 46.8 cm³/mol. The Labute approximate surface area is 72.9 Å². The summed E-state index contributed by atoms with van der Waals surface area (Å²) in [7, 11) is 0. The topological polar surface area (TPSA) is 51.0 Å². The summed E-state index contributed by atoms with van der Waals surface area (Å²) < 4.78 is 0. The minimum Gasteiger partial charge on any atom is -0.352 e. The lowest BCUT2D eigenvalue weighted by atomic mass is 9.95. The first-order chi connectivity index (χ1) is 5.86. The molecule has 2 rings (SSSR count). The fraction of sp³-hybridized carbons (Fsp3) is 0.889. The van der Waals surface area contributed by atoms with Crippen LogP contribution in [0.3, 0.4) is 0 Å². The third kappa shape index (κ3) is 1.97. The van der Waals surface area contributed by atoms with Crippen LogP contribution in [0.2, 0.25) is 0 Å². The highest BCUT2D eigenvalue weighted by molar-refractivity contribution is 5.84. The Hall–Kier alpha value is -0.570. The van der Waals surface area contributed by atoms with Gasteiger partial charge in [0.2, 0.25) is 5.91 Å². The number of nitrogens with one attached hydrogen (secondary N) is 2. The van der Waals surface area contributed by atoms with E-state index in [1.54, 1.807) is 0 Å². The van der Waals surface area contributed by atoms with Crippen LogP contribution in [0.4, 0.5) is 0 Å². The number of hydrogen-bond acceptors (Lipinski definition) is 2. The van der Waals surface area contributed by atoms with Crippen LogP contribution in [0.1, 0.15) is 32.1 Å². The Morgan fingerprint density at radius 1 is 1.25 bits per heavy atom. The van der Waals surface area contributed by atoms with Gasteiger partial charge in [0.15, 0.2) is 0 Å². The van der Waals surface area contributed by atoms with E-state index in [9.17, 15) is 4.79 Å². The van der Waals surface area contributed by atoms with E-state index in [0.717, 1.165) is 6.54 Å². The second kappa shape index (κ2) is 3.44. The zero-order valence-electron chi connectivity index (χ0n) is 7.31. The molecule has 3 nitrogen and oxygen atoms in total. The molecule has 1 heterocycles. The van der Waals surface area contributed by atoms with Gasteiger partial charge < -0.3 is 10.6 Å². The van der Waals surface area contributed by atoms with Gasteiger partial charge in [-0.25, -0.2) is 0 Å². The molecular weight excluding hydrogens is 152 g/mol. The molecule has 0 spiro atoms. The molecule has 1 aliphatic heterocycles. The van der Waals surface area contributed by atoms with Crippen molar-refractivity contribution in [2.75, 3.05) is 6.54 Å². The van der Waals surface area contributed by atoms with Gasteiger partial charge in [0.05, 0.1) is 6.04 Å². The van der Waals surface area contributed by atoms with Crippen molar-refractivity contribution in [2.24, 2.45) is 0 Å². The van der Waals surface area contributed by atoms with Gasteiger partial charge in [0, 0.05) is 12.6 Å². The molecule has 1 amide bonds. The molecular formula is C9H16N2O. The van der Waals surface area contributed by atoms with Crippen LogP contribution < -0.4 is 10.6 Å². The van der Waals surface area contributed by atoms with Crippen LogP contribution in [0.15, 0.2) is 0 Å². The average molecular weight is 168 g/mol. The molecule has 1 saturated heterocycles. The van der Waals surface area contributed by atoms with E-state index in [4.69, 9.17) is 0 Å². The third-order valence-electron chi connectivity index (χ3n) is 2.68. The van der Waals surface area contributed by atoms with Gasteiger partial charge >= 0.3 is 0 Å². The lowest BCUT2D eigenvalue weighted by Crippen LogP contribution is -2.39. The molecule has 0 aromatic heterocycles. The summed E-state index contributed by atoms with van der Waals surface area (Å²) in [4.78, 5) is 11.3. The molecule has 1 saturated carbocycles. The Morgan fingerprint density at radius 3 is 2.50 bits per heavy atom. The van der Waals surface area contributed by atoms with Crippen molar-refractivity contribution < 1.29 is 4.79 Å². The van der Waals surface area contributed by atoms with E-state index in [-0.39, 0.29) is 11.9 Å². The van der Waals surface area contributed by atoms with E-state index in [0.29, 0.717) is 6.04 Å². The van der Waals surface area contributed by atoms with E-state index in [1.165, 1.54) is 32.1 Å². The minimum absolute atomic E-state index is 0.131. The van der Waals surface area contributed by atoms with Crippen LogP contribution in [0, 0.1) is 0 Å². The monoisotopic (exact) mass is 168 g/mol. The first-order valence-electron chi connectivity index (χ1n) is 4.90. The quantitative estimate of drug-likeness (QED) is 0.587. The maximum atomic E-state index is 11.3. The Bertz CT molecular complexity index is 171. The summed E-state index contributed by atoms with van der Waals surface area (Å²) in [6.07, 6.45) is 6.26. The highest BCUT2D eigenvalue weighted by atomic mass is 16.2. The van der Waals surface area contributed by atoms with Crippen LogP contribution in [-0.4, -0.2) is 24.5 Å². The van der Waals surface area contributed by atoms with E-state index in [1.807, 2.05) is 0 Å². The van der Waals surface area contributed by atoms with Crippen molar-refractivity contribution in [1.29, 1.82) is 0 Å². The van der Waals surface area contributed by atoms with Gasteiger partial charge in [-0.05, 0) is 12.8 Å². The Morgan fingerprint density at radius 2 is 1.92 bits per heavy atom. The molecule has 0 radical (unpaired) electrons. The van der Waals surface area contributed by atoms with Crippen molar-refractivity contribution in [1.82, 2.24) is 10.6 Å². The summed E-state index contributed by atoms with van der Waals surface area (Å²) in [5, 5.41) is 6.09. The molecule has 0 aromatic rings. The number of rotatable bonds is 2. The highest BCUT2D eigenvalue weighted by Crippen LogP contribution is 2.17. The third-order valence-corrected chi connectivity index (χ3v) is 2.68. The van der Waals surface area contributed by atoms with Crippen molar-refractivity contribution in [2.45, 2.75) is 44.2 Å². The van der Waals surface area contributed by atoms with Gasteiger partial charge in [0.25, 0.3) is 0 Å². The fourth-order valence-electron chi connectivity index (χ4n) is 1.79. The van der Waals surface area contributed by atoms with E-state index >= 15 is 0 Å². The highest BCUT2D eigenvalue weighted by Gasteiger charge is 2.30. The maximum absolute atomic E-state index is 11.3. The standard InChI is InChI=1S/C9H16N2O/c12-9(8-6-10-8)11-7-4-2-1-3-5-7/h7-8,10H,1-6H2,(H,11,12). The first-order valence-corrected chi connectivity index (χ1v) is 4.90. The zero-order chi connectivity index (χ0) is 8.39. The van der Waals surface area contributed by atoms with Gasteiger partial charge in [-0.15, -0.1) is 0 Å². The predicted octanol–water partition coefficient (Wildman–Crippen LogP) is 0.407. The fourth-order valence-corrected chi connectivity index (χ4v) is 1.79. The number of carbonyl (C=O) groups is 1. The number of carbonyl (C=O) groups excluding carboxylic acids is 1. The zero-order valence-corrected chi connectivity index (χ0v) is 7.31. The van der Waals surface area contributed by atoms with E-state index < -0.39 is 0 Å². The summed E-state index contributed by atoms with van der Waals surface area (Å²) in [6.45, 7) is 0.874. The summed E-state index contributed by atoms with van der Waals surface area (Å²) in [5.41, 5.74) is 0. The minimum atomic E-state index is 0.131. The summed E-state index contributed by atoms with van der Waals surface area (Å²) in [6, 6.07) is 0.598. The summed E-state index contributed by atoms with van der Waals surface area (Å²) in [5.74, 6) is 0.210. The van der Waals surface area contributed by atoms with Crippen molar-refractivity contribution in [3.8, 4) is 0 Å². The smallest absolute Gasteiger partial charge is 0.238 e. The Balaban J connectivity index is 1.73. The molecule has 12 heavy (non-hydrogen) atoms. The van der Waals surface area contributed by atoms with Gasteiger partial charge in [-0.2, -0.15) is 0 Å². The normalized spacial score (nSPS) is 29.8. The lowest BCUT2D eigenvalue weighted by Gasteiger charge is -2.22. The number of amides is 1.